The zero-order valence-electron chi connectivity index (χ0n) is 30.7. The highest BCUT2D eigenvalue weighted by molar-refractivity contribution is 5.98. The van der Waals surface area contributed by atoms with Crippen molar-refractivity contribution in [3.05, 3.63) is 216 Å². The summed E-state index contributed by atoms with van der Waals surface area (Å²) in [5, 5.41) is 0. The van der Waals surface area contributed by atoms with E-state index in [1.807, 2.05) is 60.7 Å². The van der Waals surface area contributed by atoms with Crippen molar-refractivity contribution in [3.8, 4) is 90.3 Å². The summed E-state index contributed by atoms with van der Waals surface area (Å²) in [7, 11) is 0. The maximum absolute atomic E-state index is 6.76. The summed E-state index contributed by atoms with van der Waals surface area (Å²) >= 11 is 0. The fourth-order valence-corrected chi connectivity index (χ4v) is 9.29. The molecule has 0 atom stereocenters. The Morgan fingerprint density at radius 2 is 0.877 bits per heavy atom. The number of hydrogen-bond donors (Lipinski definition) is 0. The minimum atomic E-state index is -0.536. The quantitative estimate of drug-likeness (QED) is 0.181. The van der Waals surface area contributed by atoms with Gasteiger partial charge < -0.3 is 9.47 Å². The number of ether oxygens (including phenoxy) is 2. The molecule has 1 spiro atoms. The lowest BCUT2D eigenvalue weighted by Gasteiger charge is -2.31. The zero-order valence-corrected chi connectivity index (χ0v) is 30.7. The van der Waals surface area contributed by atoms with Crippen LogP contribution < -0.4 is 9.47 Å². The van der Waals surface area contributed by atoms with Crippen LogP contribution in [0.1, 0.15) is 22.3 Å². The third-order valence-electron chi connectivity index (χ3n) is 11.8. The van der Waals surface area contributed by atoms with E-state index in [-0.39, 0.29) is 0 Å². The number of aromatic nitrogens is 2. The molecule has 4 heteroatoms. The molecule has 0 amide bonds. The van der Waals surface area contributed by atoms with Gasteiger partial charge in [-0.3, -0.25) is 0 Å². The molecule has 1 aromatic heterocycles. The molecule has 8 aromatic carbocycles. The standard InChI is InChI=1S/C53H32N2O2/c1-3-13-34(14-4-1)45-32-46(55-52(54-45)36-15-5-2-6-16-36)35-25-23-33(24-26-35)37-27-28-40-44(31-37)53(41-19-9-7-17-38(41)39-18-8-10-20-42(39)53)43-29-30-49-51(50(40)43)57-48-22-12-11-21-47(48)56-49/h1-32H. The number of benzene rings is 8. The second kappa shape index (κ2) is 12.2. The summed E-state index contributed by atoms with van der Waals surface area (Å²) in [5.41, 5.74) is 16.3. The lowest BCUT2D eigenvalue weighted by atomic mass is 9.70. The van der Waals surface area contributed by atoms with Crippen LogP contribution in [0.25, 0.3) is 67.3 Å². The molecule has 57 heavy (non-hydrogen) atoms. The van der Waals surface area contributed by atoms with Crippen molar-refractivity contribution in [1.29, 1.82) is 0 Å². The average Bonchev–Trinajstić information content (AvgIpc) is 3.76. The smallest absolute Gasteiger partial charge is 0.178 e. The van der Waals surface area contributed by atoms with Gasteiger partial charge in [0.25, 0.3) is 0 Å². The average molecular weight is 729 g/mol. The second-order valence-electron chi connectivity index (χ2n) is 14.8. The zero-order chi connectivity index (χ0) is 37.5. The van der Waals surface area contributed by atoms with Crippen LogP contribution in [0.5, 0.6) is 23.0 Å². The molecule has 0 saturated heterocycles. The normalized spacial score (nSPS) is 13.3. The SMILES string of the molecule is c1ccc(-c2cc(-c3ccc(-c4ccc5c(c4)C4(c6ccccc6-c6ccccc64)c4ccc6c(c4-5)Oc4ccccc4O6)cc3)nc(-c3ccccc3)n2)cc1. The van der Waals surface area contributed by atoms with Crippen molar-refractivity contribution in [2.24, 2.45) is 0 Å². The Kier molecular flexibility index (Phi) is 6.81. The van der Waals surface area contributed by atoms with Crippen molar-refractivity contribution >= 4 is 0 Å². The van der Waals surface area contributed by atoms with Gasteiger partial charge in [-0.15, -0.1) is 0 Å². The summed E-state index contributed by atoms with van der Waals surface area (Å²) in [5.74, 6) is 3.64. The van der Waals surface area contributed by atoms with E-state index in [2.05, 4.69) is 133 Å². The maximum Gasteiger partial charge on any atom is 0.178 e. The van der Waals surface area contributed by atoms with Crippen LogP contribution in [-0.2, 0) is 5.41 Å². The molecule has 0 bridgehead atoms. The van der Waals surface area contributed by atoms with Crippen LogP contribution in [-0.4, -0.2) is 9.97 Å². The molecular weight excluding hydrogens is 697 g/mol. The molecule has 0 radical (unpaired) electrons. The molecule has 1 aliphatic heterocycles. The minimum absolute atomic E-state index is 0.536. The number of para-hydroxylation sites is 2. The van der Waals surface area contributed by atoms with Crippen molar-refractivity contribution in [2.45, 2.75) is 5.41 Å². The number of nitrogens with zero attached hydrogens (tertiary/aromatic N) is 2. The van der Waals surface area contributed by atoms with Gasteiger partial charge in [-0.25, -0.2) is 9.97 Å². The third-order valence-corrected chi connectivity index (χ3v) is 11.8. The largest absolute Gasteiger partial charge is 0.449 e. The number of rotatable bonds is 4. The van der Waals surface area contributed by atoms with Gasteiger partial charge in [0.05, 0.1) is 16.8 Å². The fraction of sp³-hybridized carbons (Fsp3) is 0.0189. The van der Waals surface area contributed by atoms with Crippen LogP contribution in [0.15, 0.2) is 194 Å². The maximum atomic E-state index is 6.76. The first-order chi connectivity index (χ1) is 28.2. The van der Waals surface area contributed by atoms with Gasteiger partial charge in [-0.1, -0.05) is 164 Å². The first kappa shape index (κ1) is 31.8. The Hall–Kier alpha value is -7.56. The van der Waals surface area contributed by atoms with Crippen molar-refractivity contribution in [1.82, 2.24) is 9.97 Å². The van der Waals surface area contributed by atoms with E-state index in [4.69, 9.17) is 19.4 Å². The van der Waals surface area contributed by atoms with Crippen LogP contribution >= 0.6 is 0 Å². The molecule has 2 heterocycles. The van der Waals surface area contributed by atoms with Gasteiger partial charge in [0, 0.05) is 22.3 Å². The summed E-state index contributed by atoms with van der Waals surface area (Å²) in [4.78, 5) is 10.1. The molecule has 0 N–H and O–H groups in total. The fourth-order valence-electron chi connectivity index (χ4n) is 9.29. The molecule has 4 nitrogen and oxygen atoms in total. The molecule has 3 aliphatic rings. The molecule has 0 unspecified atom stereocenters. The van der Waals surface area contributed by atoms with Crippen LogP contribution in [0, 0.1) is 0 Å². The summed E-state index contributed by atoms with van der Waals surface area (Å²) in [6.07, 6.45) is 0. The van der Waals surface area contributed by atoms with Crippen LogP contribution in [0.3, 0.4) is 0 Å². The van der Waals surface area contributed by atoms with Gasteiger partial charge in [0.2, 0.25) is 0 Å². The Morgan fingerprint density at radius 1 is 0.333 bits per heavy atom. The van der Waals surface area contributed by atoms with Crippen LogP contribution in [0.4, 0.5) is 0 Å². The molecule has 9 aromatic rings. The van der Waals surface area contributed by atoms with Crippen LogP contribution in [0.2, 0.25) is 0 Å². The van der Waals surface area contributed by atoms with Gasteiger partial charge in [0.1, 0.15) is 0 Å². The molecule has 2 aliphatic carbocycles. The van der Waals surface area contributed by atoms with Gasteiger partial charge in [-0.05, 0) is 80.4 Å². The molecule has 266 valence electrons. The summed E-state index contributed by atoms with van der Waals surface area (Å²) in [6.45, 7) is 0. The van der Waals surface area contributed by atoms with Gasteiger partial charge in [0.15, 0.2) is 28.8 Å². The molecule has 12 rings (SSSR count). The van der Waals surface area contributed by atoms with E-state index in [0.29, 0.717) is 5.82 Å². The minimum Gasteiger partial charge on any atom is -0.449 e. The number of hydrogen-bond acceptors (Lipinski definition) is 4. The highest BCUT2D eigenvalue weighted by Gasteiger charge is 2.53. The van der Waals surface area contributed by atoms with Crippen molar-refractivity contribution in [3.63, 3.8) is 0 Å². The van der Waals surface area contributed by atoms with E-state index in [9.17, 15) is 0 Å². The monoisotopic (exact) mass is 728 g/mol. The third kappa shape index (κ3) is 4.68. The van der Waals surface area contributed by atoms with E-state index >= 15 is 0 Å². The lowest BCUT2D eigenvalue weighted by Crippen LogP contribution is -2.26. The highest BCUT2D eigenvalue weighted by Crippen LogP contribution is 2.66. The van der Waals surface area contributed by atoms with E-state index in [1.54, 1.807) is 0 Å². The second-order valence-corrected chi connectivity index (χ2v) is 14.8. The Labute approximate surface area is 330 Å². The molecular formula is C53H32N2O2. The van der Waals surface area contributed by atoms with E-state index in [1.165, 1.54) is 33.4 Å². The summed E-state index contributed by atoms with van der Waals surface area (Å²) < 4.78 is 13.2. The molecule has 0 saturated carbocycles. The van der Waals surface area contributed by atoms with E-state index in [0.717, 1.165) is 73.3 Å². The predicted octanol–water partition coefficient (Wildman–Crippen LogP) is 13.4. The first-order valence-electron chi connectivity index (χ1n) is 19.3. The van der Waals surface area contributed by atoms with Crippen molar-refractivity contribution in [2.75, 3.05) is 0 Å². The van der Waals surface area contributed by atoms with Gasteiger partial charge in [-0.2, -0.15) is 0 Å². The topological polar surface area (TPSA) is 44.2 Å². The Balaban J connectivity index is 1.02. The molecule has 0 fully saturated rings. The lowest BCUT2D eigenvalue weighted by molar-refractivity contribution is 0.360. The van der Waals surface area contributed by atoms with E-state index < -0.39 is 5.41 Å². The first-order valence-corrected chi connectivity index (χ1v) is 19.3. The van der Waals surface area contributed by atoms with Crippen molar-refractivity contribution < 1.29 is 9.47 Å². The van der Waals surface area contributed by atoms with Gasteiger partial charge >= 0.3 is 0 Å². The Bertz CT molecular complexity index is 2960. The summed E-state index contributed by atoms with van der Waals surface area (Å²) in [6, 6.07) is 68.3. The number of fused-ring (bicyclic) bond motifs is 13. The predicted molar refractivity (Wildman–Crippen MR) is 227 cm³/mol. The highest BCUT2D eigenvalue weighted by atomic mass is 16.6. The Morgan fingerprint density at radius 3 is 1.56 bits per heavy atom.